The fourth-order valence-corrected chi connectivity index (χ4v) is 5.16. The van der Waals surface area contributed by atoms with E-state index in [2.05, 4.69) is 21.3 Å². The van der Waals surface area contributed by atoms with Crippen molar-refractivity contribution in [2.75, 3.05) is 12.0 Å². The Morgan fingerprint density at radius 1 is 0.762 bits per heavy atom. The maximum atomic E-state index is 13.6. The third-order valence-corrected chi connectivity index (χ3v) is 8.52. The van der Waals surface area contributed by atoms with Crippen molar-refractivity contribution in [1.82, 2.24) is 21.3 Å². The van der Waals surface area contributed by atoms with Crippen LogP contribution in [-0.2, 0) is 28.8 Å². The zero-order valence-electron chi connectivity index (χ0n) is 27.4. The van der Waals surface area contributed by atoms with E-state index in [0.717, 1.165) is 0 Å². The molecule has 0 bridgehead atoms. The predicted molar refractivity (Wildman–Crippen MR) is 169 cm³/mol. The van der Waals surface area contributed by atoms with Crippen molar-refractivity contribution in [3.05, 3.63) is 0 Å². The number of thioether (sulfide) groups is 1. The molecule has 7 unspecified atom stereocenters. The molecule has 42 heavy (non-hydrogen) atoms. The van der Waals surface area contributed by atoms with Crippen molar-refractivity contribution in [3.63, 3.8) is 0 Å². The van der Waals surface area contributed by atoms with Crippen LogP contribution in [0.2, 0.25) is 0 Å². The van der Waals surface area contributed by atoms with Crippen LogP contribution in [0.25, 0.3) is 0 Å². The number of Topliss-reactive ketones (excluding diaryl/α,β-unsaturated/α-hetero) is 2. The van der Waals surface area contributed by atoms with Crippen LogP contribution in [0.15, 0.2) is 0 Å². The van der Waals surface area contributed by atoms with Gasteiger partial charge in [-0.05, 0) is 55.4 Å². The molecule has 0 aliphatic rings. The van der Waals surface area contributed by atoms with Crippen molar-refractivity contribution in [3.8, 4) is 0 Å². The van der Waals surface area contributed by atoms with Crippen LogP contribution in [0.5, 0.6) is 0 Å². The van der Waals surface area contributed by atoms with Gasteiger partial charge in [0, 0.05) is 12.3 Å². The van der Waals surface area contributed by atoms with E-state index in [4.69, 9.17) is 0 Å². The van der Waals surface area contributed by atoms with Gasteiger partial charge in [0.2, 0.25) is 24.1 Å². The molecule has 0 aromatic carbocycles. The molecule has 4 N–H and O–H groups in total. The summed E-state index contributed by atoms with van der Waals surface area (Å²) in [6, 6.07) is -3.47. The second-order valence-electron chi connectivity index (χ2n) is 12.2. The topological polar surface area (TPSA) is 151 Å². The standard InChI is InChI=1S/C31H56N4O6S/c1-11-20(7)27(25(38)16-23(22(9)37)15-18(3)4)34-30(40)26(19(5)6)33-31(41)28(21(8)12-2)35-29(39)24(32-17-36)13-14-42-10/h17-21,23-24,26-28H,11-16H2,1-10H3,(H,32,36)(H,33,41)(H,34,40)(H,35,39). The lowest BCUT2D eigenvalue weighted by molar-refractivity contribution is -0.136. The monoisotopic (exact) mass is 612 g/mol. The molecule has 0 aliphatic carbocycles. The fourth-order valence-electron chi connectivity index (χ4n) is 4.69. The van der Waals surface area contributed by atoms with Gasteiger partial charge >= 0.3 is 0 Å². The van der Waals surface area contributed by atoms with E-state index in [0.29, 0.717) is 37.8 Å². The van der Waals surface area contributed by atoms with Crippen LogP contribution in [0.1, 0.15) is 94.4 Å². The lowest BCUT2D eigenvalue weighted by Gasteiger charge is -2.31. The van der Waals surface area contributed by atoms with Crippen LogP contribution in [0, 0.1) is 29.6 Å². The van der Waals surface area contributed by atoms with E-state index in [1.807, 2.05) is 47.8 Å². The van der Waals surface area contributed by atoms with Crippen LogP contribution < -0.4 is 21.3 Å². The number of hydrogen-bond donors (Lipinski definition) is 4. The first-order chi connectivity index (χ1) is 19.6. The first-order valence-electron chi connectivity index (χ1n) is 15.3. The SMILES string of the molecule is CCC(C)C(NC(=O)C(NC(=O)C(NC(=O)C(CCSC)NC=O)C(C)CC)C(C)C)C(=O)CC(CC(C)C)C(C)=O. The Hall–Kier alpha value is -2.43. The van der Waals surface area contributed by atoms with Crippen LogP contribution in [0.3, 0.4) is 0 Å². The van der Waals surface area contributed by atoms with Crippen molar-refractivity contribution < 1.29 is 28.8 Å². The number of amides is 4. The van der Waals surface area contributed by atoms with Gasteiger partial charge in [0.15, 0.2) is 5.78 Å². The van der Waals surface area contributed by atoms with Gasteiger partial charge in [0.05, 0.1) is 6.04 Å². The van der Waals surface area contributed by atoms with Crippen molar-refractivity contribution in [2.24, 2.45) is 29.6 Å². The van der Waals surface area contributed by atoms with Gasteiger partial charge in [-0.3, -0.25) is 28.8 Å². The molecule has 11 heteroatoms. The second-order valence-corrected chi connectivity index (χ2v) is 13.2. The van der Waals surface area contributed by atoms with Crippen molar-refractivity contribution in [2.45, 2.75) is 119 Å². The van der Waals surface area contributed by atoms with E-state index in [1.54, 1.807) is 25.6 Å². The summed E-state index contributed by atoms with van der Waals surface area (Å²) >= 11 is 1.54. The zero-order chi connectivity index (χ0) is 32.6. The third kappa shape index (κ3) is 13.7. The average Bonchev–Trinajstić information content (AvgIpc) is 2.93. The third-order valence-electron chi connectivity index (χ3n) is 7.87. The summed E-state index contributed by atoms with van der Waals surface area (Å²) in [4.78, 5) is 76.8. The highest BCUT2D eigenvalue weighted by atomic mass is 32.2. The summed E-state index contributed by atoms with van der Waals surface area (Å²) in [5, 5.41) is 11.0. The minimum absolute atomic E-state index is 0.0456. The predicted octanol–water partition coefficient (Wildman–Crippen LogP) is 3.27. The van der Waals surface area contributed by atoms with Gasteiger partial charge in [0.1, 0.15) is 23.9 Å². The molecule has 0 aromatic heterocycles. The largest absolute Gasteiger partial charge is 0.347 e. The molecule has 242 valence electrons. The minimum atomic E-state index is -0.958. The average molecular weight is 613 g/mol. The van der Waals surface area contributed by atoms with Crippen molar-refractivity contribution in [1.29, 1.82) is 0 Å². The molecule has 0 aliphatic heterocycles. The number of rotatable bonds is 22. The molecule has 0 rings (SSSR count). The molecule has 0 heterocycles. The Kier molecular flexibility index (Phi) is 19.3. The van der Waals surface area contributed by atoms with E-state index in [-0.39, 0.29) is 41.7 Å². The number of ketones is 2. The molecule has 0 aromatic rings. The number of nitrogens with one attached hydrogen (secondary N) is 4. The first kappa shape index (κ1) is 39.6. The summed E-state index contributed by atoms with van der Waals surface area (Å²) in [6.07, 6.45) is 4.65. The fraction of sp³-hybridized carbons (Fsp3) is 0.806. The summed E-state index contributed by atoms with van der Waals surface area (Å²) in [6.45, 7) is 16.6. The van der Waals surface area contributed by atoms with Gasteiger partial charge in [-0.25, -0.2) is 0 Å². The smallest absolute Gasteiger partial charge is 0.243 e. The Morgan fingerprint density at radius 2 is 1.26 bits per heavy atom. The second kappa shape index (κ2) is 20.5. The summed E-state index contributed by atoms with van der Waals surface area (Å²) < 4.78 is 0. The molecule has 10 nitrogen and oxygen atoms in total. The molecule has 4 amide bonds. The Morgan fingerprint density at radius 3 is 1.71 bits per heavy atom. The molecular weight excluding hydrogens is 556 g/mol. The Balaban J connectivity index is 5.91. The van der Waals surface area contributed by atoms with Gasteiger partial charge < -0.3 is 21.3 Å². The van der Waals surface area contributed by atoms with Gasteiger partial charge in [-0.1, -0.05) is 68.2 Å². The quantitative estimate of drug-likeness (QED) is 0.137. The molecule has 0 radical (unpaired) electrons. The van der Waals surface area contributed by atoms with Crippen LogP contribution in [0.4, 0.5) is 0 Å². The van der Waals surface area contributed by atoms with Crippen molar-refractivity contribution >= 4 is 47.5 Å². The van der Waals surface area contributed by atoms with Gasteiger partial charge in [0.25, 0.3) is 0 Å². The number of carbonyl (C=O) groups excluding carboxylic acids is 6. The molecule has 0 saturated heterocycles. The first-order valence-corrected chi connectivity index (χ1v) is 16.7. The van der Waals surface area contributed by atoms with Gasteiger partial charge in [-0.2, -0.15) is 11.8 Å². The highest BCUT2D eigenvalue weighted by Crippen LogP contribution is 2.21. The number of hydrogen-bond acceptors (Lipinski definition) is 7. The minimum Gasteiger partial charge on any atom is -0.347 e. The molecular formula is C31H56N4O6S. The lowest BCUT2D eigenvalue weighted by Crippen LogP contribution is -2.60. The van der Waals surface area contributed by atoms with E-state index >= 15 is 0 Å². The normalized spacial score (nSPS) is 16.4. The highest BCUT2D eigenvalue weighted by molar-refractivity contribution is 7.98. The lowest BCUT2D eigenvalue weighted by atomic mass is 9.84. The Labute approximate surface area is 257 Å². The summed E-state index contributed by atoms with van der Waals surface area (Å²) in [7, 11) is 0. The van der Waals surface area contributed by atoms with E-state index < -0.39 is 47.8 Å². The maximum Gasteiger partial charge on any atom is 0.243 e. The molecule has 0 spiro atoms. The van der Waals surface area contributed by atoms with E-state index in [9.17, 15) is 28.8 Å². The Bertz CT molecular complexity index is 897. The van der Waals surface area contributed by atoms with Gasteiger partial charge in [-0.15, -0.1) is 0 Å². The van der Waals surface area contributed by atoms with E-state index in [1.165, 1.54) is 6.92 Å². The number of carbonyl (C=O) groups is 6. The molecule has 0 saturated carbocycles. The maximum absolute atomic E-state index is 13.6. The van der Waals surface area contributed by atoms with Crippen LogP contribution in [-0.4, -0.2) is 71.9 Å². The van der Waals surface area contributed by atoms with Crippen LogP contribution >= 0.6 is 11.8 Å². The summed E-state index contributed by atoms with van der Waals surface area (Å²) in [5.74, 6) is -1.96. The molecule has 0 fully saturated rings. The molecule has 7 atom stereocenters. The highest BCUT2D eigenvalue weighted by Gasteiger charge is 2.35. The summed E-state index contributed by atoms with van der Waals surface area (Å²) in [5.41, 5.74) is 0. The zero-order valence-corrected chi connectivity index (χ0v) is 28.2.